The molecule has 0 saturated carbocycles. The van der Waals surface area contributed by atoms with Crippen molar-refractivity contribution in [2.45, 2.75) is 4.90 Å². The highest BCUT2D eigenvalue weighted by Gasteiger charge is 2.12. The predicted octanol–water partition coefficient (Wildman–Crippen LogP) is 4.13. The molecule has 0 aromatic heterocycles. The van der Waals surface area contributed by atoms with Gasteiger partial charge >= 0.3 is 0 Å². The molecule has 0 aliphatic heterocycles. The average molecular weight is 367 g/mol. The second-order valence-electron chi connectivity index (χ2n) is 5.69. The van der Waals surface area contributed by atoms with Crippen molar-refractivity contribution in [3.05, 3.63) is 84.4 Å². The molecule has 0 aliphatic carbocycles. The summed E-state index contributed by atoms with van der Waals surface area (Å²) in [5.41, 5.74) is 0.859. The first-order valence-corrected chi connectivity index (χ1v) is 9.75. The van der Waals surface area contributed by atoms with E-state index < -0.39 is 9.84 Å². The molecule has 0 atom stereocenters. The van der Waals surface area contributed by atoms with Gasteiger partial charge in [0, 0.05) is 17.5 Å². The Hall–Kier alpha value is -3.12. The van der Waals surface area contributed by atoms with Crippen molar-refractivity contribution >= 4 is 21.4 Å². The van der Waals surface area contributed by atoms with E-state index in [1.165, 1.54) is 12.1 Å². The van der Waals surface area contributed by atoms with Gasteiger partial charge in [0.25, 0.3) is 5.91 Å². The summed E-state index contributed by atoms with van der Waals surface area (Å²) in [6.07, 6.45) is 1.11. The number of rotatable bonds is 5. The van der Waals surface area contributed by atoms with E-state index in [4.69, 9.17) is 4.74 Å². The Balaban J connectivity index is 1.70. The molecule has 3 rings (SSSR count). The van der Waals surface area contributed by atoms with Gasteiger partial charge in [-0.05, 0) is 54.6 Å². The van der Waals surface area contributed by atoms with E-state index in [1.54, 1.807) is 36.4 Å². The van der Waals surface area contributed by atoms with Crippen molar-refractivity contribution in [2.24, 2.45) is 0 Å². The zero-order valence-corrected chi connectivity index (χ0v) is 14.9. The maximum Gasteiger partial charge on any atom is 0.255 e. The monoisotopic (exact) mass is 367 g/mol. The second kappa shape index (κ2) is 7.41. The molecule has 0 bridgehead atoms. The zero-order chi connectivity index (χ0) is 18.6. The minimum absolute atomic E-state index is 0.108. The normalized spacial score (nSPS) is 11.0. The minimum atomic E-state index is -3.36. The lowest BCUT2D eigenvalue weighted by atomic mass is 10.2. The summed E-state index contributed by atoms with van der Waals surface area (Å²) in [4.78, 5) is 12.4. The summed E-state index contributed by atoms with van der Waals surface area (Å²) >= 11 is 0. The van der Waals surface area contributed by atoms with Crippen molar-refractivity contribution < 1.29 is 17.9 Å². The Labute approximate surface area is 152 Å². The van der Waals surface area contributed by atoms with E-state index in [2.05, 4.69) is 5.32 Å². The molecular weight excluding hydrogens is 350 g/mol. The molecule has 5 nitrogen and oxygen atoms in total. The van der Waals surface area contributed by atoms with E-state index in [0.717, 1.165) is 12.0 Å². The smallest absolute Gasteiger partial charge is 0.255 e. The maximum absolute atomic E-state index is 12.3. The van der Waals surface area contributed by atoms with Gasteiger partial charge in [0.05, 0.1) is 4.90 Å². The van der Waals surface area contributed by atoms with Gasteiger partial charge in [-0.25, -0.2) is 8.42 Å². The van der Waals surface area contributed by atoms with Crippen LogP contribution in [0.4, 0.5) is 5.69 Å². The molecule has 0 heterocycles. The highest BCUT2D eigenvalue weighted by Crippen LogP contribution is 2.23. The van der Waals surface area contributed by atoms with Crippen molar-refractivity contribution in [3.8, 4) is 11.5 Å². The molecule has 0 unspecified atom stereocenters. The van der Waals surface area contributed by atoms with E-state index in [9.17, 15) is 13.2 Å². The van der Waals surface area contributed by atoms with Gasteiger partial charge in [0.15, 0.2) is 9.84 Å². The third-order valence-corrected chi connectivity index (χ3v) is 4.73. The molecule has 132 valence electrons. The summed E-state index contributed by atoms with van der Waals surface area (Å²) in [6, 6.07) is 22.2. The van der Waals surface area contributed by atoms with Crippen LogP contribution in [0.2, 0.25) is 0 Å². The summed E-state index contributed by atoms with van der Waals surface area (Å²) < 4.78 is 28.9. The van der Waals surface area contributed by atoms with Crippen molar-refractivity contribution in [1.29, 1.82) is 0 Å². The molecular formula is C20H17NO4S. The van der Waals surface area contributed by atoms with Crippen LogP contribution in [0.1, 0.15) is 10.4 Å². The Bertz CT molecular complexity index is 1010. The Kier molecular flexibility index (Phi) is 5.04. The van der Waals surface area contributed by atoms with Crippen LogP contribution in [0.25, 0.3) is 0 Å². The summed E-state index contributed by atoms with van der Waals surface area (Å²) in [7, 11) is -3.36. The number of hydrogen-bond donors (Lipinski definition) is 1. The molecule has 0 fully saturated rings. The van der Waals surface area contributed by atoms with E-state index >= 15 is 0 Å². The number of hydrogen-bond acceptors (Lipinski definition) is 4. The van der Waals surface area contributed by atoms with Gasteiger partial charge in [0.2, 0.25) is 0 Å². The predicted molar refractivity (Wildman–Crippen MR) is 100 cm³/mol. The molecule has 0 aliphatic rings. The molecule has 1 N–H and O–H groups in total. The Morgan fingerprint density at radius 1 is 0.846 bits per heavy atom. The minimum Gasteiger partial charge on any atom is -0.457 e. The van der Waals surface area contributed by atoms with E-state index in [0.29, 0.717) is 11.4 Å². The number of anilines is 1. The van der Waals surface area contributed by atoms with Crippen LogP contribution in [-0.4, -0.2) is 20.6 Å². The number of benzene rings is 3. The van der Waals surface area contributed by atoms with Crippen LogP contribution in [0.3, 0.4) is 0 Å². The number of carbonyl (C=O) groups excluding carboxylic acids is 1. The SMILES string of the molecule is CS(=O)(=O)c1cccc(C(=O)Nc2ccc(Oc3ccccc3)cc2)c1. The van der Waals surface area contributed by atoms with Crippen LogP contribution in [-0.2, 0) is 9.84 Å². The molecule has 0 spiro atoms. The van der Waals surface area contributed by atoms with Gasteiger partial charge in [-0.2, -0.15) is 0 Å². The van der Waals surface area contributed by atoms with Crippen molar-refractivity contribution in [3.63, 3.8) is 0 Å². The van der Waals surface area contributed by atoms with E-state index in [-0.39, 0.29) is 16.4 Å². The molecule has 1 amide bonds. The molecule has 26 heavy (non-hydrogen) atoms. The first-order chi connectivity index (χ1) is 12.4. The summed E-state index contributed by atoms with van der Waals surface area (Å²) in [5.74, 6) is 0.988. The number of para-hydroxylation sites is 1. The molecule has 3 aromatic rings. The molecule has 0 radical (unpaired) electrons. The number of nitrogens with one attached hydrogen (secondary N) is 1. The van der Waals surface area contributed by atoms with Gasteiger partial charge < -0.3 is 10.1 Å². The number of sulfone groups is 1. The summed E-state index contributed by atoms with van der Waals surface area (Å²) in [6.45, 7) is 0. The van der Waals surface area contributed by atoms with Crippen molar-refractivity contribution in [1.82, 2.24) is 0 Å². The highest BCUT2D eigenvalue weighted by molar-refractivity contribution is 7.90. The van der Waals surface area contributed by atoms with Crippen LogP contribution >= 0.6 is 0 Å². The van der Waals surface area contributed by atoms with Gasteiger partial charge in [-0.15, -0.1) is 0 Å². The first-order valence-electron chi connectivity index (χ1n) is 7.86. The number of amides is 1. The third kappa shape index (κ3) is 4.49. The zero-order valence-electron chi connectivity index (χ0n) is 14.0. The van der Waals surface area contributed by atoms with Gasteiger partial charge in [-0.1, -0.05) is 24.3 Å². The topological polar surface area (TPSA) is 72.5 Å². The average Bonchev–Trinajstić information content (AvgIpc) is 2.63. The van der Waals surface area contributed by atoms with Crippen LogP contribution in [0.5, 0.6) is 11.5 Å². The fraction of sp³-hybridized carbons (Fsp3) is 0.0500. The Morgan fingerprint density at radius 2 is 1.50 bits per heavy atom. The lowest BCUT2D eigenvalue weighted by Crippen LogP contribution is -2.12. The number of carbonyl (C=O) groups is 1. The summed E-state index contributed by atoms with van der Waals surface area (Å²) in [5, 5.41) is 2.74. The first kappa shape index (κ1) is 17.7. The van der Waals surface area contributed by atoms with E-state index in [1.807, 2.05) is 30.3 Å². The lowest BCUT2D eigenvalue weighted by molar-refractivity contribution is 0.102. The Morgan fingerprint density at radius 3 is 2.15 bits per heavy atom. The molecule has 0 saturated heterocycles. The maximum atomic E-state index is 12.3. The largest absolute Gasteiger partial charge is 0.457 e. The fourth-order valence-electron chi connectivity index (χ4n) is 2.30. The lowest BCUT2D eigenvalue weighted by Gasteiger charge is -2.09. The second-order valence-corrected chi connectivity index (χ2v) is 7.71. The van der Waals surface area contributed by atoms with Crippen LogP contribution in [0.15, 0.2) is 83.8 Å². The third-order valence-electron chi connectivity index (χ3n) is 3.62. The van der Waals surface area contributed by atoms with Crippen molar-refractivity contribution in [2.75, 3.05) is 11.6 Å². The standard InChI is InChI=1S/C20H17NO4S/c1-26(23,24)19-9-5-6-15(14-19)20(22)21-16-10-12-18(13-11-16)25-17-7-3-2-4-8-17/h2-14H,1H3,(H,21,22). The van der Waals surface area contributed by atoms with Crippen LogP contribution in [0, 0.1) is 0 Å². The van der Waals surface area contributed by atoms with Gasteiger partial charge in [0.1, 0.15) is 11.5 Å². The number of ether oxygens (including phenoxy) is 1. The molecule has 3 aromatic carbocycles. The quantitative estimate of drug-likeness (QED) is 0.736. The fourth-order valence-corrected chi connectivity index (χ4v) is 2.97. The van der Waals surface area contributed by atoms with Gasteiger partial charge in [-0.3, -0.25) is 4.79 Å². The highest BCUT2D eigenvalue weighted by atomic mass is 32.2. The molecule has 6 heteroatoms. The van der Waals surface area contributed by atoms with Crippen LogP contribution < -0.4 is 10.1 Å².